The maximum atomic E-state index is 13.1. The smallest absolute Gasteiger partial charge is 0.317 e. The molecule has 0 bridgehead atoms. The molecule has 166 valence electrons. The van der Waals surface area contributed by atoms with Crippen LogP contribution in [0.2, 0.25) is 0 Å². The fraction of sp³-hybridized carbons (Fsp3) is 0.192. The monoisotopic (exact) mass is 442 g/mol. The van der Waals surface area contributed by atoms with E-state index < -0.39 is 0 Å². The number of para-hydroxylation sites is 1. The van der Waals surface area contributed by atoms with Crippen molar-refractivity contribution in [2.24, 2.45) is 0 Å². The summed E-state index contributed by atoms with van der Waals surface area (Å²) in [6.07, 6.45) is 1.49. The predicted molar refractivity (Wildman–Crippen MR) is 125 cm³/mol. The summed E-state index contributed by atoms with van der Waals surface area (Å²) >= 11 is 0. The molecular formula is C26H23FN4O2. The molecule has 2 heterocycles. The van der Waals surface area contributed by atoms with E-state index >= 15 is 0 Å². The lowest BCUT2D eigenvalue weighted by atomic mass is 10.1. The third kappa shape index (κ3) is 4.77. The first kappa shape index (κ1) is 20.9. The Hall–Kier alpha value is -4.00. The zero-order valence-corrected chi connectivity index (χ0v) is 18.0. The molecule has 1 fully saturated rings. The molecule has 0 radical (unpaired) electrons. The molecule has 0 unspecified atom stereocenters. The molecule has 1 aromatic heterocycles. The summed E-state index contributed by atoms with van der Waals surface area (Å²) in [5.41, 5.74) is 2.71. The summed E-state index contributed by atoms with van der Waals surface area (Å²) in [5, 5.41) is 3.80. The molecule has 0 aliphatic carbocycles. The molecule has 7 heteroatoms. The molecular weight excluding hydrogens is 419 g/mol. The number of carbonyl (C=O) groups is 1. The van der Waals surface area contributed by atoms with Gasteiger partial charge in [0.25, 0.3) is 0 Å². The SMILES string of the molecule is O=C1NCCN1CCCc1nc(-c2ccc(Oc3ccc(F)cc3)cc2)c2ccccc2n1. The number of aromatic nitrogens is 2. The lowest BCUT2D eigenvalue weighted by molar-refractivity contribution is 0.217. The number of halogens is 1. The van der Waals surface area contributed by atoms with Gasteiger partial charge in [0, 0.05) is 37.0 Å². The van der Waals surface area contributed by atoms with E-state index in [-0.39, 0.29) is 11.8 Å². The van der Waals surface area contributed by atoms with Crippen LogP contribution in [0.1, 0.15) is 12.2 Å². The third-order valence-corrected chi connectivity index (χ3v) is 5.60. The molecule has 0 spiro atoms. The predicted octanol–water partition coefficient (Wildman–Crippen LogP) is 5.19. The molecule has 1 aliphatic heterocycles. The highest BCUT2D eigenvalue weighted by Crippen LogP contribution is 2.29. The number of fused-ring (bicyclic) bond motifs is 1. The van der Waals surface area contributed by atoms with Crippen molar-refractivity contribution in [2.45, 2.75) is 12.8 Å². The van der Waals surface area contributed by atoms with Crippen LogP contribution in [-0.2, 0) is 6.42 Å². The van der Waals surface area contributed by atoms with Gasteiger partial charge in [-0.15, -0.1) is 0 Å². The molecule has 1 saturated heterocycles. The van der Waals surface area contributed by atoms with Crippen LogP contribution in [0.25, 0.3) is 22.2 Å². The number of nitrogens with zero attached hydrogens (tertiary/aromatic N) is 3. The number of rotatable bonds is 7. The zero-order chi connectivity index (χ0) is 22.6. The normalized spacial score (nSPS) is 13.4. The van der Waals surface area contributed by atoms with E-state index in [0.29, 0.717) is 31.0 Å². The minimum Gasteiger partial charge on any atom is -0.457 e. The summed E-state index contributed by atoms with van der Waals surface area (Å²) < 4.78 is 18.9. The highest BCUT2D eigenvalue weighted by atomic mass is 19.1. The molecule has 0 atom stereocenters. The number of carbonyl (C=O) groups excluding carboxylic acids is 1. The van der Waals surface area contributed by atoms with Crippen molar-refractivity contribution in [2.75, 3.05) is 19.6 Å². The second kappa shape index (κ2) is 9.24. The first-order chi connectivity index (χ1) is 16.2. The standard InChI is InChI=1S/C26H23FN4O2/c27-19-9-13-21(14-10-19)33-20-11-7-18(8-12-20)25-22-4-1-2-5-23(22)29-24(30-25)6-3-16-31-17-15-28-26(31)32/h1-2,4-5,7-14H,3,6,15-17H2,(H,28,32). The van der Waals surface area contributed by atoms with Gasteiger partial charge in [0.1, 0.15) is 23.1 Å². The van der Waals surface area contributed by atoms with Gasteiger partial charge in [0.05, 0.1) is 11.2 Å². The Bertz CT molecular complexity index is 1280. The van der Waals surface area contributed by atoms with Gasteiger partial charge in [0.15, 0.2) is 0 Å². The molecule has 1 N–H and O–H groups in total. The fourth-order valence-corrected chi connectivity index (χ4v) is 3.93. The van der Waals surface area contributed by atoms with E-state index in [1.54, 1.807) is 12.1 Å². The Labute approximate surface area is 191 Å². The molecule has 33 heavy (non-hydrogen) atoms. The van der Waals surface area contributed by atoms with Crippen LogP contribution in [-0.4, -0.2) is 40.5 Å². The number of benzene rings is 3. The van der Waals surface area contributed by atoms with Gasteiger partial charge >= 0.3 is 6.03 Å². The van der Waals surface area contributed by atoms with Crippen molar-refractivity contribution < 1.29 is 13.9 Å². The Kier molecular flexibility index (Phi) is 5.85. The molecule has 1 aliphatic rings. The van der Waals surface area contributed by atoms with E-state index in [9.17, 15) is 9.18 Å². The number of ether oxygens (including phenoxy) is 1. The lowest BCUT2D eigenvalue weighted by Gasteiger charge is -2.14. The van der Waals surface area contributed by atoms with Gasteiger partial charge in [-0.3, -0.25) is 0 Å². The Morgan fingerprint density at radius 3 is 2.39 bits per heavy atom. The number of aryl methyl sites for hydroxylation is 1. The fourth-order valence-electron chi connectivity index (χ4n) is 3.93. The summed E-state index contributed by atoms with van der Waals surface area (Å²) in [6, 6.07) is 21.6. The highest BCUT2D eigenvalue weighted by Gasteiger charge is 2.18. The van der Waals surface area contributed by atoms with Crippen molar-refractivity contribution in [3.05, 3.63) is 84.4 Å². The molecule has 3 aromatic carbocycles. The summed E-state index contributed by atoms with van der Waals surface area (Å²) in [4.78, 5) is 23.2. The van der Waals surface area contributed by atoms with E-state index in [0.717, 1.165) is 41.0 Å². The lowest BCUT2D eigenvalue weighted by Crippen LogP contribution is -2.29. The topological polar surface area (TPSA) is 67.4 Å². The van der Waals surface area contributed by atoms with Crippen LogP contribution in [0, 0.1) is 5.82 Å². The van der Waals surface area contributed by atoms with Gasteiger partial charge in [-0.05, 0) is 61.0 Å². The summed E-state index contributed by atoms with van der Waals surface area (Å²) in [6.45, 7) is 2.14. The number of amides is 2. The molecule has 4 aromatic rings. The van der Waals surface area contributed by atoms with Crippen molar-refractivity contribution in [1.29, 1.82) is 0 Å². The Morgan fingerprint density at radius 2 is 1.67 bits per heavy atom. The average Bonchev–Trinajstić information content (AvgIpc) is 3.25. The maximum Gasteiger partial charge on any atom is 0.317 e. The van der Waals surface area contributed by atoms with Crippen molar-refractivity contribution in [3.63, 3.8) is 0 Å². The first-order valence-corrected chi connectivity index (χ1v) is 11.0. The zero-order valence-electron chi connectivity index (χ0n) is 18.0. The third-order valence-electron chi connectivity index (χ3n) is 5.60. The first-order valence-electron chi connectivity index (χ1n) is 11.0. The Morgan fingerprint density at radius 1 is 0.939 bits per heavy atom. The average molecular weight is 442 g/mol. The molecule has 2 amide bonds. The van der Waals surface area contributed by atoms with Gasteiger partial charge in [-0.25, -0.2) is 19.2 Å². The van der Waals surface area contributed by atoms with Crippen LogP contribution in [0.3, 0.4) is 0 Å². The second-order valence-electron chi connectivity index (χ2n) is 7.91. The van der Waals surface area contributed by atoms with E-state index in [2.05, 4.69) is 5.32 Å². The minimum atomic E-state index is -0.298. The number of urea groups is 1. The van der Waals surface area contributed by atoms with Crippen molar-refractivity contribution in [1.82, 2.24) is 20.2 Å². The van der Waals surface area contributed by atoms with Gasteiger partial charge < -0.3 is 15.0 Å². The molecule has 0 saturated carbocycles. The largest absolute Gasteiger partial charge is 0.457 e. The van der Waals surface area contributed by atoms with Gasteiger partial charge in [-0.1, -0.05) is 18.2 Å². The number of hydrogen-bond acceptors (Lipinski definition) is 4. The van der Waals surface area contributed by atoms with Crippen molar-refractivity contribution in [3.8, 4) is 22.8 Å². The molecule has 6 nitrogen and oxygen atoms in total. The van der Waals surface area contributed by atoms with Gasteiger partial charge in [0.2, 0.25) is 0 Å². The number of nitrogens with one attached hydrogen (secondary N) is 1. The van der Waals surface area contributed by atoms with Crippen molar-refractivity contribution >= 4 is 16.9 Å². The summed E-state index contributed by atoms with van der Waals surface area (Å²) in [5.74, 6) is 1.70. The van der Waals surface area contributed by atoms with Crippen LogP contribution in [0.15, 0.2) is 72.8 Å². The van der Waals surface area contributed by atoms with E-state index in [1.165, 1.54) is 12.1 Å². The van der Waals surface area contributed by atoms with E-state index in [1.807, 2.05) is 53.4 Å². The second-order valence-corrected chi connectivity index (χ2v) is 7.91. The van der Waals surface area contributed by atoms with Crippen LogP contribution in [0.5, 0.6) is 11.5 Å². The quantitative estimate of drug-likeness (QED) is 0.428. The highest BCUT2D eigenvalue weighted by molar-refractivity contribution is 5.92. The van der Waals surface area contributed by atoms with Crippen LogP contribution in [0.4, 0.5) is 9.18 Å². The summed E-state index contributed by atoms with van der Waals surface area (Å²) in [7, 11) is 0. The van der Waals surface area contributed by atoms with Crippen LogP contribution >= 0.6 is 0 Å². The maximum absolute atomic E-state index is 13.1. The van der Waals surface area contributed by atoms with Crippen LogP contribution < -0.4 is 10.1 Å². The molecule has 5 rings (SSSR count). The van der Waals surface area contributed by atoms with Gasteiger partial charge in [-0.2, -0.15) is 0 Å². The van der Waals surface area contributed by atoms with E-state index in [4.69, 9.17) is 14.7 Å². The number of hydrogen-bond donors (Lipinski definition) is 1. The Balaban J connectivity index is 1.37. The minimum absolute atomic E-state index is 0.00179.